The predicted octanol–water partition coefficient (Wildman–Crippen LogP) is 1.50. The van der Waals surface area contributed by atoms with E-state index in [0.717, 1.165) is 24.3 Å². The molecule has 0 radical (unpaired) electrons. The Hall–Kier alpha value is -1.10. The van der Waals surface area contributed by atoms with Crippen molar-refractivity contribution in [3.05, 3.63) is 29.8 Å². The number of hydrogen-bond acceptors (Lipinski definition) is 4. The highest BCUT2D eigenvalue weighted by Gasteiger charge is 2.24. The molecule has 1 aromatic carbocycles. The highest BCUT2D eigenvalue weighted by atomic mass is 16.5. The zero-order chi connectivity index (χ0) is 13.7. The lowest BCUT2D eigenvalue weighted by atomic mass is 10.1. The Labute approximate surface area is 114 Å². The van der Waals surface area contributed by atoms with Crippen LogP contribution in [0.5, 0.6) is 5.75 Å². The molecule has 1 aromatic rings. The number of rotatable bonds is 6. The highest BCUT2D eigenvalue weighted by molar-refractivity contribution is 5.27. The van der Waals surface area contributed by atoms with Gasteiger partial charge in [0.25, 0.3) is 0 Å². The van der Waals surface area contributed by atoms with Gasteiger partial charge in [0, 0.05) is 19.2 Å². The van der Waals surface area contributed by atoms with Crippen LogP contribution in [0.2, 0.25) is 0 Å². The van der Waals surface area contributed by atoms with E-state index < -0.39 is 6.10 Å². The van der Waals surface area contributed by atoms with E-state index in [0.29, 0.717) is 19.2 Å². The average Bonchev–Trinajstić information content (AvgIpc) is 2.80. The number of nitrogens with one attached hydrogen (secondary N) is 1. The fourth-order valence-corrected chi connectivity index (χ4v) is 2.24. The summed E-state index contributed by atoms with van der Waals surface area (Å²) in [6, 6.07) is 8.18. The van der Waals surface area contributed by atoms with Crippen LogP contribution in [-0.4, -0.2) is 43.1 Å². The lowest BCUT2D eigenvalue weighted by molar-refractivity contribution is 0.0897. The monoisotopic (exact) mass is 265 g/mol. The van der Waals surface area contributed by atoms with Crippen molar-refractivity contribution in [2.75, 3.05) is 19.8 Å². The summed E-state index contributed by atoms with van der Waals surface area (Å²) in [7, 11) is 0. The molecule has 3 unspecified atom stereocenters. The second-order valence-corrected chi connectivity index (χ2v) is 5.16. The van der Waals surface area contributed by atoms with E-state index in [9.17, 15) is 5.11 Å². The van der Waals surface area contributed by atoms with Crippen LogP contribution >= 0.6 is 0 Å². The quantitative estimate of drug-likeness (QED) is 0.818. The summed E-state index contributed by atoms with van der Waals surface area (Å²) in [6.07, 6.45) is 0.727. The minimum absolute atomic E-state index is 0.227. The van der Waals surface area contributed by atoms with Gasteiger partial charge in [0.15, 0.2) is 0 Å². The van der Waals surface area contributed by atoms with Crippen LogP contribution in [0.1, 0.15) is 18.9 Å². The second-order valence-electron chi connectivity index (χ2n) is 5.16. The molecule has 0 spiro atoms. The minimum Gasteiger partial charge on any atom is -0.491 e. The predicted molar refractivity (Wildman–Crippen MR) is 74.5 cm³/mol. The molecule has 1 aliphatic heterocycles. The van der Waals surface area contributed by atoms with Crippen molar-refractivity contribution in [1.82, 2.24) is 5.32 Å². The zero-order valence-electron chi connectivity index (χ0n) is 11.6. The van der Waals surface area contributed by atoms with Crippen LogP contribution in [0.4, 0.5) is 0 Å². The zero-order valence-corrected chi connectivity index (χ0v) is 11.6. The third-order valence-corrected chi connectivity index (χ3v) is 3.42. The summed E-state index contributed by atoms with van der Waals surface area (Å²) in [5.41, 5.74) is 1.15. The van der Waals surface area contributed by atoms with E-state index in [4.69, 9.17) is 9.47 Å². The fraction of sp³-hybridized carbons (Fsp3) is 0.600. The maximum absolute atomic E-state index is 9.90. The van der Waals surface area contributed by atoms with E-state index in [1.54, 1.807) is 0 Å². The normalized spacial score (nSPS) is 24.4. The molecule has 19 heavy (non-hydrogen) atoms. The van der Waals surface area contributed by atoms with Gasteiger partial charge in [-0.1, -0.05) is 12.1 Å². The SMILES string of the molecule is Cc1cccc(OCC(O)CNC2CCOC2C)c1. The van der Waals surface area contributed by atoms with Gasteiger partial charge in [-0.2, -0.15) is 0 Å². The van der Waals surface area contributed by atoms with Gasteiger partial charge >= 0.3 is 0 Å². The Balaban J connectivity index is 1.68. The third-order valence-electron chi connectivity index (χ3n) is 3.42. The molecule has 1 aliphatic rings. The molecule has 4 nitrogen and oxygen atoms in total. The summed E-state index contributed by atoms with van der Waals surface area (Å²) in [6.45, 7) is 5.71. The molecule has 2 rings (SSSR count). The summed E-state index contributed by atoms with van der Waals surface area (Å²) in [5.74, 6) is 0.802. The Morgan fingerprint density at radius 3 is 3.05 bits per heavy atom. The van der Waals surface area contributed by atoms with Gasteiger partial charge in [-0.15, -0.1) is 0 Å². The second kappa shape index (κ2) is 6.89. The Morgan fingerprint density at radius 2 is 2.37 bits per heavy atom. The smallest absolute Gasteiger partial charge is 0.119 e. The van der Waals surface area contributed by atoms with Crippen molar-refractivity contribution in [3.63, 3.8) is 0 Å². The Kier molecular flexibility index (Phi) is 5.19. The van der Waals surface area contributed by atoms with Crippen LogP contribution in [0, 0.1) is 6.92 Å². The molecular weight excluding hydrogens is 242 g/mol. The van der Waals surface area contributed by atoms with Gasteiger partial charge in [0.1, 0.15) is 18.5 Å². The number of hydrogen-bond donors (Lipinski definition) is 2. The minimum atomic E-state index is -0.506. The molecule has 1 saturated heterocycles. The molecule has 2 N–H and O–H groups in total. The lowest BCUT2D eigenvalue weighted by Gasteiger charge is -2.19. The molecule has 0 saturated carbocycles. The topological polar surface area (TPSA) is 50.7 Å². The average molecular weight is 265 g/mol. The number of aliphatic hydroxyl groups excluding tert-OH is 1. The van der Waals surface area contributed by atoms with E-state index in [-0.39, 0.29) is 6.10 Å². The maximum atomic E-state index is 9.90. The molecular formula is C15H23NO3. The first-order chi connectivity index (χ1) is 9.15. The van der Waals surface area contributed by atoms with Crippen LogP contribution in [0.15, 0.2) is 24.3 Å². The molecule has 4 heteroatoms. The van der Waals surface area contributed by atoms with Crippen LogP contribution < -0.4 is 10.1 Å². The van der Waals surface area contributed by atoms with Crippen LogP contribution in [-0.2, 0) is 4.74 Å². The van der Waals surface area contributed by atoms with Gasteiger partial charge in [0.05, 0.1) is 6.10 Å². The third kappa shape index (κ3) is 4.49. The number of aryl methyl sites for hydroxylation is 1. The fourth-order valence-electron chi connectivity index (χ4n) is 2.24. The van der Waals surface area contributed by atoms with Gasteiger partial charge in [-0.3, -0.25) is 0 Å². The molecule has 1 heterocycles. The molecule has 0 amide bonds. The molecule has 0 bridgehead atoms. The van der Waals surface area contributed by atoms with E-state index >= 15 is 0 Å². The van der Waals surface area contributed by atoms with E-state index in [2.05, 4.69) is 12.2 Å². The summed E-state index contributed by atoms with van der Waals surface area (Å²) in [5, 5.41) is 13.2. The first kappa shape index (κ1) is 14.3. The van der Waals surface area contributed by atoms with E-state index in [1.807, 2.05) is 31.2 Å². The van der Waals surface area contributed by atoms with Crippen molar-refractivity contribution in [2.45, 2.75) is 38.5 Å². The van der Waals surface area contributed by atoms with Gasteiger partial charge < -0.3 is 19.9 Å². The Bertz CT molecular complexity index is 397. The van der Waals surface area contributed by atoms with Gasteiger partial charge in [-0.25, -0.2) is 0 Å². The molecule has 3 atom stereocenters. The van der Waals surface area contributed by atoms with Gasteiger partial charge in [-0.05, 0) is 38.0 Å². The number of ether oxygens (including phenoxy) is 2. The molecule has 106 valence electrons. The maximum Gasteiger partial charge on any atom is 0.119 e. The molecule has 0 aromatic heterocycles. The first-order valence-electron chi connectivity index (χ1n) is 6.87. The lowest BCUT2D eigenvalue weighted by Crippen LogP contribution is -2.41. The van der Waals surface area contributed by atoms with Crippen molar-refractivity contribution in [3.8, 4) is 5.75 Å². The van der Waals surface area contributed by atoms with Crippen molar-refractivity contribution in [1.29, 1.82) is 0 Å². The van der Waals surface area contributed by atoms with Crippen molar-refractivity contribution < 1.29 is 14.6 Å². The van der Waals surface area contributed by atoms with E-state index in [1.165, 1.54) is 0 Å². The van der Waals surface area contributed by atoms with Gasteiger partial charge in [0.2, 0.25) is 0 Å². The summed E-state index contributed by atoms with van der Waals surface area (Å²) in [4.78, 5) is 0. The van der Waals surface area contributed by atoms with Crippen molar-refractivity contribution >= 4 is 0 Å². The summed E-state index contributed by atoms with van der Waals surface area (Å²) >= 11 is 0. The summed E-state index contributed by atoms with van der Waals surface area (Å²) < 4.78 is 11.0. The highest BCUT2D eigenvalue weighted by Crippen LogP contribution is 2.13. The number of aliphatic hydroxyl groups is 1. The Morgan fingerprint density at radius 1 is 1.53 bits per heavy atom. The number of benzene rings is 1. The van der Waals surface area contributed by atoms with Crippen LogP contribution in [0.25, 0.3) is 0 Å². The molecule has 1 fully saturated rings. The standard InChI is InChI=1S/C15H23NO3/c1-11-4-3-5-14(8-11)19-10-13(17)9-16-15-6-7-18-12(15)2/h3-5,8,12-13,15-17H,6-7,9-10H2,1-2H3. The molecule has 0 aliphatic carbocycles. The van der Waals surface area contributed by atoms with Crippen molar-refractivity contribution in [2.24, 2.45) is 0 Å². The first-order valence-corrected chi connectivity index (χ1v) is 6.87. The van der Waals surface area contributed by atoms with Crippen LogP contribution in [0.3, 0.4) is 0 Å². The largest absolute Gasteiger partial charge is 0.491 e.